The van der Waals surface area contributed by atoms with E-state index in [1.54, 1.807) is 18.2 Å². The molecular formula is C14H17FO2. The number of ketones is 1. The molecule has 1 rings (SSSR count). The van der Waals surface area contributed by atoms with Crippen LogP contribution in [0.3, 0.4) is 0 Å². The lowest BCUT2D eigenvalue weighted by Crippen LogP contribution is -1.98. The average Bonchev–Trinajstić information content (AvgIpc) is 2.30. The molecule has 0 aliphatic carbocycles. The number of carbonyl (C=O) groups excluding carboxylic acids is 1. The molecule has 0 N–H and O–H groups in total. The van der Waals surface area contributed by atoms with Crippen LogP contribution >= 0.6 is 0 Å². The number of hydrogen-bond donors (Lipinski definition) is 0. The molecule has 0 saturated heterocycles. The van der Waals surface area contributed by atoms with E-state index in [4.69, 9.17) is 4.74 Å². The third-order valence-electron chi connectivity index (χ3n) is 2.46. The van der Waals surface area contributed by atoms with Gasteiger partial charge < -0.3 is 4.74 Å². The quantitative estimate of drug-likeness (QED) is 0.732. The van der Waals surface area contributed by atoms with E-state index in [9.17, 15) is 9.18 Å². The van der Waals surface area contributed by atoms with Gasteiger partial charge in [-0.25, -0.2) is 4.39 Å². The molecule has 1 aromatic carbocycles. The summed E-state index contributed by atoms with van der Waals surface area (Å²) in [6.45, 7) is 3.45. The maximum Gasteiger partial charge on any atom is 0.168 e. The van der Waals surface area contributed by atoms with Crippen molar-refractivity contribution in [3.05, 3.63) is 35.2 Å². The van der Waals surface area contributed by atoms with Crippen molar-refractivity contribution < 1.29 is 13.9 Å². The van der Waals surface area contributed by atoms with E-state index in [2.05, 4.69) is 0 Å². The van der Waals surface area contributed by atoms with E-state index in [0.29, 0.717) is 12.0 Å². The minimum Gasteiger partial charge on any atom is -0.494 e. The van der Waals surface area contributed by atoms with Crippen molar-refractivity contribution in [2.24, 2.45) is 0 Å². The fraction of sp³-hybridized carbons (Fsp3) is 0.357. The molecule has 0 bridgehead atoms. The Morgan fingerprint density at radius 2 is 2.18 bits per heavy atom. The van der Waals surface area contributed by atoms with Crippen LogP contribution in [0.4, 0.5) is 4.39 Å². The van der Waals surface area contributed by atoms with Crippen LogP contribution in [-0.4, -0.2) is 12.9 Å². The molecule has 0 aromatic heterocycles. The Morgan fingerprint density at radius 1 is 1.47 bits per heavy atom. The van der Waals surface area contributed by atoms with Crippen LogP contribution in [0.1, 0.15) is 31.4 Å². The van der Waals surface area contributed by atoms with Gasteiger partial charge in [0.25, 0.3) is 0 Å². The fourth-order valence-corrected chi connectivity index (χ4v) is 1.64. The van der Waals surface area contributed by atoms with Crippen LogP contribution in [0.2, 0.25) is 0 Å². The van der Waals surface area contributed by atoms with Gasteiger partial charge in [-0.3, -0.25) is 4.79 Å². The number of allylic oxidation sites excluding steroid dienone is 1. The number of carbonyl (C=O) groups is 1. The van der Waals surface area contributed by atoms with E-state index in [0.717, 1.165) is 12.0 Å². The van der Waals surface area contributed by atoms with Crippen molar-refractivity contribution in [2.75, 3.05) is 7.11 Å². The largest absolute Gasteiger partial charge is 0.494 e. The highest BCUT2D eigenvalue weighted by Crippen LogP contribution is 2.25. The highest BCUT2D eigenvalue weighted by atomic mass is 19.1. The lowest BCUT2D eigenvalue weighted by atomic mass is 10.0. The first-order chi connectivity index (χ1) is 8.10. The molecule has 3 heteroatoms. The van der Waals surface area contributed by atoms with Gasteiger partial charge in [0.2, 0.25) is 0 Å². The second-order valence-electron chi connectivity index (χ2n) is 3.84. The number of ether oxygens (including phenoxy) is 1. The number of benzene rings is 1. The van der Waals surface area contributed by atoms with Gasteiger partial charge in [0.05, 0.1) is 7.11 Å². The smallest absolute Gasteiger partial charge is 0.168 e. The second-order valence-corrected chi connectivity index (χ2v) is 3.84. The molecular weight excluding hydrogens is 219 g/mol. The molecule has 0 spiro atoms. The third-order valence-corrected chi connectivity index (χ3v) is 2.46. The maximum atomic E-state index is 14.0. The van der Waals surface area contributed by atoms with Crippen LogP contribution < -0.4 is 4.74 Å². The summed E-state index contributed by atoms with van der Waals surface area (Å²) in [5.74, 6) is -0.142. The van der Waals surface area contributed by atoms with Crippen molar-refractivity contribution >= 4 is 11.9 Å². The van der Waals surface area contributed by atoms with Crippen LogP contribution in [0, 0.1) is 5.82 Å². The number of rotatable bonds is 5. The Bertz CT molecular complexity index is 436. The monoisotopic (exact) mass is 236 g/mol. The Morgan fingerprint density at radius 3 is 2.71 bits per heavy atom. The molecule has 92 valence electrons. The second kappa shape index (κ2) is 6.18. The first-order valence-electron chi connectivity index (χ1n) is 5.64. The van der Waals surface area contributed by atoms with E-state index < -0.39 is 0 Å². The molecule has 2 nitrogen and oxygen atoms in total. The standard InChI is InChI=1S/C14H17FO2/c1-4-5-12-11(7-6-10(2)16)8-9-13(17-3)14(12)15/h6-9H,4-5H2,1-3H3. The molecule has 17 heavy (non-hydrogen) atoms. The van der Waals surface area contributed by atoms with E-state index >= 15 is 0 Å². The first kappa shape index (κ1) is 13.4. The van der Waals surface area contributed by atoms with E-state index in [-0.39, 0.29) is 17.3 Å². The summed E-state index contributed by atoms with van der Waals surface area (Å²) in [6.07, 6.45) is 4.56. The predicted octanol–water partition coefficient (Wildman–Crippen LogP) is 3.39. The number of methoxy groups -OCH3 is 1. The highest BCUT2D eigenvalue weighted by molar-refractivity contribution is 5.91. The van der Waals surface area contributed by atoms with Crippen molar-refractivity contribution in [3.8, 4) is 5.75 Å². The summed E-state index contributed by atoms with van der Waals surface area (Å²) in [5, 5.41) is 0. The zero-order chi connectivity index (χ0) is 12.8. The Hall–Kier alpha value is -1.64. The molecule has 0 unspecified atom stereocenters. The van der Waals surface area contributed by atoms with Gasteiger partial charge in [0, 0.05) is 0 Å². The zero-order valence-corrected chi connectivity index (χ0v) is 10.4. The molecule has 0 fully saturated rings. The lowest BCUT2D eigenvalue weighted by molar-refractivity contribution is -0.112. The van der Waals surface area contributed by atoms with Crippen LogP contribution in [0.25, 0.3) is 6.08 Å². The first-order valence-corrected chi connectivity index (χ1v) is 5.64. The molecule has 0 aliphatic heterocycles. The lowest BCUT2D eigenvalue weighted by Gasteiger charge is -2.10. The van der Waals surface area contributed by atoms with E-state index in [1.807, 2.05) is 6.92 Å². The Balaban J connectivity index is 3.20. The zero-order valence-electron chi connectivity index (χ0n) is 10.4. The summed E-state index contributed by atoms with van der Waals surface area (Å²) in [6, 6.07) is 3.35. The van der Waals surface area contributed by atoms with Crippen LogP contribution in [-0.2, 0) is 11.2 Å². The molecule has 0 heterocycles. The third kappa shape index (κ3) is 3.41. The summed E-state index contributed by atoms with van der Waals surface area (Å²) in [4.78, 5) is 10.9. The SMILES string of the molecule is CCCc1c(C=CC(C)=O)ccc(OC)c1F. The molecule has 0 amide bonds. The van der Waals surface area contributed by atoms with Gasteiger partial charge in [-0.1, -0.05) is 25.5 Å². The maximum absolute atomic E-state index is 14.0. The molecule has 0 aliphatic rings. The van der Waals surface area contributed by atoms with Gasteiger partial charge in [-0.05, 0) is 36.6 Å². The number of hydrogen-bond acceptors (Lipinski definition) is 2. The van der Waals surface area contributed by atoms with Gasteiger partial charge in [-0.15, -0.1) is 0 Å². The van der Waals surface area contributed by atoms with Gasteiger partial charge >= 0.3 is 0 Å². The van der Waals surface area contributed by atoms with Crippen LogP contribution in [0.15, 0.2) is 18.2 Å². The molecule has 1 aromatic rings. The van der Waals surface area contributed by atoms with Crippen LogP contribution in [0.5, 0.6) is 5.75 Å². The minimum atomic E-state index is -0.333. The molecule has 0 atom stereocenters. The Labute approximate surface area is 101 Å². The highest BCUT2D eigenvalue weighted by Gasteiger charge is 2.11. The average molecular weight is 236 g/mol. The molecule has 0 saturated carbocycles. The van der Waals surface area contributed by atoms with Crippen molar-refractivity contribution in [3.63, 3.8) is 0 Å². The van der Waals surface area contributed by atoms with Gasteiger partial charge in [-0.2, -0.15) is 0 Å². The van der Waals surface area contributed by atoms with E-state index in [1.165, 1.54) is 20.1 Å². The van der Waals surface area contributed by atoms with Gasteiger partial charge in [0.1, 0.15) is 0 Å². The fourth-order valence-electron chi connectivity index (χ4n) is 1.64. The normalized spacial score (nSPS) is 10.8. The summed E-state index contributed by atoms with van der Waals surface area (Å²) in [7, 11) is 1.44. The summed E-state index contributed by atoms with van der Waals surface area (Å²) in [5.41, 5.74) is 1.34. The number of halogens is 1. The van der Waals surface area contributed by atoms with Crippen molar-refractivity contribution in [1.82, 2.24) is 0 Å². The predicted molar refractivity (Wildman–Crippen MR) is 66.7 cm³/mol. The summed E-state index contributed by atoms with van der Waals surface area (Å²) >= 11 is 0. The topological polar surface area (TPSA) is 26.3 Å². The van der Waals surface area contributed by atoms with Crippen molar-refractivity contribution in [1.29, 1.82) is 0 Å². The van der Waals surface area contributed by atoms with Gasteiger partial charge in [0.15, 0.2) is 17.3 Å². The Kier molecular flexibility index (Phi) is 4.88. The minimum absolute atomic E-state index is 0.0522. The summed E-state index contributed by atoms with van der Waals surface area (Å²) < 4.78 is 18.9. The molecule has 0 radical (unpaired) electrons. The van der Waals surface area contributed by atoms with Crippen molar-refractivity contribution in [2.45, 2.75) is 26.7 Å².